The Kier molecular flexibility index (Phi) is 5.46. The number of rotatable bonds is 5. The quantitative estimate of drug-likeness (QED) is 0.650. The molecule has 0 saturated carbocycles. The minimum Gasteiger partial charge on any atom is -0.325 e. The fourth-order valence-corrected chi connectivity index (χ4v) is 3.54. The molecule has 0 unspecified atom stereocenters. The number of nitrogens with zero attached hydrogens (tertiary/aromatic N) is 2. The predicted molar refractivity (Wildman–Crippen MR) is 104 cm³/mol. The summed E-state index contributed by atoms with van der Waals surface area (Å²) in [7, 11) is 0. The van der Waals surface area contributed by atoms with Gasteiger partial charge in [-0.25, -0.2) is 4.68 Å². The van der Waals surface area contributed by atoms with Crippen LogP contribution in [0.15, 0.2) is 59.5 Å². The maximum absolute atomic E-state index is 12.2. The Bertz CT molecular complexity index is 876. The Balaban J connectivity index is 1.68. The Morgan fingerprint density at radius 3 is 2.48 bits per heavy atom. The van der Waals surface area contributed by atoms with Crippen molar-refractivity contribution in [3.8, 4) is 5.69 Å². The second-order valence-corrected chi connectivity index (χ2v) is 7.01. The van der Waals surface area contributed by atoms with E-state index in [1.54, 1.807) is 24.3 Å². The monoisotopic (exact) mass is 371 g/mol. The summed E-state index contributed by atoms with van der Waals surface area (Å²) in [6.45, 7) is 3.98. The molecule has 1 amide bonds. The molecule has 3 aromatic rings. The number of carbonyl (C=O) groups is 1. The summed E-state index contributed by atoms with van der Waals surface area (Å²) in [5, 5.41) is 8.12. The van der Waals surface area contributed by atoms with Crippen LogP contribution in [0.2, 0.25) is 5.02 Å². The maximum Gasteiger partial charge on any atom is 0.234 e. The van der Waals surface area contributed by atoms with Gasteiger partial charge in [0.25, 0.3) is 0 Å². The lowest BCUT2D eigenvalue weighted by molar-refractivity contribution is -0.113. The van der Waals surface area contributed by atoms with Gasteiger partial charge in [-0.05, 0) is 50.2 Å². The van der Waals surface area contributed by atoms with Crippen molar-refractivity contribution in [2.75, 3.05) is 11.1 Å². The predicted octanol–water partition coefficient (Wildman–Crippen LogP) is 4.87. The van der Waals surface area contributed by atoms with E-state index in [2.05, 4.69) is 10.4 Å². The largest absolute Gasteiger partial charge is 0.325 e. The van der Waals surface area contributed by atoms with E-state index in [4.69, 9.17) is 11.6 Å². The molecule has 25 heavy (non-hydrogen) atoms. The highest BCUT2D eigenvalue weighted by Crippen LogP contribution is 2.28. The van der Waals surface area contributed by atoms with E-state index in [1.807, 2.05) is 48.9 Å². The Labute approximate surface area is 156 Å². The van der Waals surface area contributed by atoms with E-state index in [9.17, 15) is 4.79 Å². The van der Waals surface area contributed by atoms with Crippen LogP contribution in [-0.4, -0.2) is 21.4 Å². The highest BCUT2D eigenvalue weighted by atomic mass is 35.5. The van der Waals surface area contributed by atoms with Gasteiger partial charge in [0.05, 0.1) is 27.7 Å². The van der Waals surface area contributed by atoms with Gasteiger partial charge in [-0.2, -0.15) is 5.10 Å². The zero-order valence-corrected chi connectivity index (χ0v) is 15.6. The number of amides is 1. The lowest BCUT2D eigenvalue weighted by atomic mass is 10.3. The molecule has 0 bridgehead atoms. The molecule has 0 radical (unpaired) electrons. The molecule has 0 atom stereocenters. The Morgan fingerprint density at radius 1 is 1.12 bits per heavy atom. The molecule has 0 aliphatic heterocycles. The average molecular weight is 372 g/mol. The lowest BCUT2D eigenvalue weighted by Gasteiger charge is -2.06. The summed E-state index contributed by atoms with van der Waals surface area (Å²) in [4.78, 5) is 13.2. The summed E-state index contributed by atoms with van der Waals surface area (Å²) in [5.74, 6) is 0.267. The highest BCUT2D eigenvalue weighted by Gasteiger charge is 2.14. The maximum atomic E-state index is 12.2. The van der Waals surface area contributed by atoms with Crippen molar-refractivity contribution in [3.05, 3.63) is 71.0 Å². The van der Waals surface area contributed by atoms with Crippen LogP contribution < -0.4 is 5.32 Å². The summed E-state index contributed by atoms with van der Waals surface area (Å²) in [5.41, 5.74) is 3.71. The number of carbonyl (C=O) groups excluding carboxylic acids is 1. The second kappa shape index (κ2) is 7.76. The van der Waals surface area contributed by atoms with Crippen molar-refractivity contribution in [1.29, 1.82) is 0 Å². The minimum absolute atomic E-state index is 0.0569. The standard InChI is InChI=1S/C19H18ClN3OS/c1-13-19(14(2)23(22-13)17-6-4-3-5-7-17)25-12-18(24)21-16-10-8-15(20)9-11-16/h3-11H,12H2,1-2H3,(H,21,24). The molecule has 0 aliphatic rings. The highest BCUT2D eigenvalue weighted by molar-refractivity contribution is 8.00. The van der Waals surface area contributed by atoms with Crippen LogP contribution in [0.4, 0.5) is 5.69 Å². The Hall–Kier alpha value is -2.24. The van der Waals surface area contributed by atoms with Gasteiger partial charge >= 0.3 is 0 Å². The molecule has 6 heteroatoms. The summed E-state index contributed by atoms with van der Waals surface area (Å²) in [6, 6.07) is 17.1. The number of para-hydroxylation sites is 1. The number of hydrogen-bond acceptors (Lipinski definition) is 3. The molecule has 0 saturated heterocycles. The van der Waals surface area contributed by atoms with Gasteiger partial charge in [-0.1, -0.05) is 29.8 Å². The van der Waals surface area contributed by atoms with Gasteiger partial charge < -0.3 is 5.32 Å². The van der Waals surface area contributed by atoms with Crippen LogP contribution in [0, 0.1) is 13.8 Å². The molecule has 4 nitrogen and oxygen atoms in total. The topological polar surface area (TPSA) is 46.9 Å². The molecule has 0 fully saturated rings. The van der Waals surface area contributed by atoms with Crippen LogP contribution >= 0.6 is 23.4 Å². The van der Waals surface area contributed by atoms with Gasteiger partial charge in [0.15, 0.2) is 0 Å². The lowest BCUT2D eigenvalue weighted by Crippen LogP contribution is -2.14. The molecular weight excluding hydrogens is 354 g/mol. The van der Waals surface area contributed by atoms with E-state index in [-0.39, 0.29) is 5.91 Å². The third-order valence-corrected chi connectivity index (χ3v) is 5.24. The van der Waals surface area contributed by atoms with Crippen LogP contribution in [0.5, 0.6) is 0 Å². The molecular formula is C19H18ClN3OS. The van der Waals surface area contributed by atoms with E-state index in [1.165, 1.54) is 11.8 Å². The van der Waals surface area contributed by atoms with E-state index in [0.717, 1.165) is 27.7 Å². The number of anilines is 1. The van der Waals surface area contributed by atoms with Gasteiger partial charge in [-0.3, -0.25) is 4.79 Å². The van der Waals surface area contributed by atoms with Crippen LogP contribution in [-0.2, 0) is 4.79 Å². The molecule has 3 rings (SSSR count). The fraction of sp³-hybridized carbons (Fsp3) is 0.158. The third kappa shape index (κ3) is 4.24. The van der Waals surface area contributed by atoms with Gasteiger partial charge in [0.1, 0.15) is 0 Å². The first-order valence-corrected chi connectivity index (χ1v) is 9.21. The minimum atomic E-state index is -0.0569. The Morgan fingerprint density at radius 2 is 1.80 bits per heavy atom. The van der Waals surface area contributed by atoms with Crippen molar-refractivity contribution >= 4 is 35.0 Å². The van der Waals surface area contributed by atoms with Crippen LogP contribution in [0.25, 0.3) is 5.69 Å². The van der Waals surface area contributed by atoms with Gasteiger partial charge in [-0.15, -0.1) is 11.8 Å². The van der Waals surface area contributed by atoms with Crippen molar-refractivity contribution < 1.29 is 4.79 Å². The number of aromatic nitrogens is 2. The molecule has 1 N–H and O–H groups in total. The van der Waals surface area contributed by atoms with Crippen molar-refractivity contribution in [2.45, 2.75) is 18.7 Å². The molecule has 0 aliphatic carbocycles. The van der Waals surface area contributed by atoms with Crippen molar-refractivity contribution in [2.24, 2.45) is 0 Å². The summed E-state index contributed by atoms with van der Waals surface area (Å²) < 4.78 is 1.91. The van der Waals surface area contributed by atoms with Gasteiger partial charge in [0.2, 0.25) is 5.91 Å². The number of benzene rings is 2. The van der Waals surface area contributed by atoms with E-state index < -0.39 is 0 Å². The molecule has 128 valence electrons. The number of halogens is 1. The molecule has 1 aromatic heterocycles. The van der Waals surface area contributed by atoms with E-state index >= 15 is 0 Å². The number of hydrogen-bond donors (Lipinski definition) is 1. The van der Waals surface area contributed by atoms with E-state index in [0.29, 0.717) is 10.8 Å². The number of thioether (sulfide) groups is 1. The summed E-state index contributed by atoms with van der Waals surface area (Å²) in [6.07, 6.45) is 0. The SMILES string of the molecule is Cc1nn(-c2ccccc2)c(C)c1SCC(=O)Nc1ccc(Cl)cc1. The first-order chi connectivity index (χ1) is 12.0. The summed E-state index contributed by atoms with van der Waals surface area (Å²) >= 11 is 7.35. The number of aryl methyl sites for hydroxylation is 1. The molecule has 0 spiro atoms. The normalized spacial score (nSPS) is 10.7. The smallest absolute Gasteiger partial charge is 0.234 e. The zero-order valence-electron chi connectivity index (χ0n) is 14.0. The zero-order chi connectivity index (χ0) is 17.8. The van der Waals surface area contributed by atoms with Crippen molar-refractivity contribution in [3.63, 3.8) is 0 Å². The first kappa shape index (κ1) is 17.6. The average Bonchev–Trinajstić information content (AvgIpc) is 2.90. The van der Waals surface area contributed by atoms with Crippen molar-refractivity contribution in [1.82, 2.24) is 9.78 Å². The fourth-order valence-electron chi connectivity index (χ4n) is 2.53. The number of nitrogens with one attached hydrogen (secondary N) is 1. The van der Waals surface area contributed by atoms with Gasteiger partial charge in [0, 0.05) is 10.7 Å². The van der Waals surface area contributed by atoms with Crippen LogP contribution in [0.1, 0.15) is 11.4 Å². The first-order valence-electron chi connectivity index (χ1n) is 7.84. The second-order valence-electron chi connectivity index (χ2n) is 5.59. The molecule has 2 aromatic carbocycles. The molecule has 1 heterocycles. The third-order valence-electron chi connectivity index (χ3n) is 3.70. The van der Waals surface area contributed by atoms with Crippen LogP contribution in [0.3, 0.4) is 0 Å².